The molecular weight excluding hydrogens is 256 g/mol. The molecule has 1 aliphatic carbocycles. The molecule has 0 spiro atoms. The maximum Gasteiger partial charge on any atom is 0.0713 e. The van der Waals surface area contributed by atoms with Gasteiger partial charge >= 0.3 is 0 Å². The Morgan fingerprint density at radius 1 is 0.905 bits per heavy atom. The molecule has 0 unspecified atom stereocenters. The van der Waals surface area contributed by atoms with Crippen LogP contribution in [0.1, 0.15) is 22.3 Å². The standard InChI is InChI=1S/C20H16O/c1-21-13-14-10-16-8-5-9-18-19(12-17(11-14)20(16)18)15-6-3-2-4-7-15/h2-12H,13H2,1H3. The van der Waals surface area contributed by atoms with E-state index in [0.717, 1.165) is 0 Å². The summed E-state index contributed by atoms with van der Waals surface area (Å²) in [7, 11) is 1.74. The van der Waals surface area contributed by atoms with Gasteiger partial charge in [0.15, 0.2) is 0 Å². The van der Waals surface area contributed by atoms with Crippen LogP contribution in [-0.2, 0) is 11.3 Å². The molecule has 0 saturated carbocycles. The molecule has 0 aliphatic heterocycles. The zero-order valence-corrected chi connectivity index (χ0v) is 12.0. The number of hydrogen-bond donors (Lipinski definition) is 0. The van der Waals surface area contributed by atoms with Crippen LogP contribution in [-0.4, -0.2) is 7.11 Å². The van der Waals surface area contributed by atoms with Crippen molar-refractivity contribution in [2.24, 2.45) is 0 Å². The number of hydrogen-bond acceptors (Lipinski definition) is 1. The molecule has 102 valence electrons. The van der Waals surface area contributed by atoms with Gasteiger partial charge in [0.2, 0.25) is 0 Å². The molecule has 3 aromatic carbocycles. The summed E-state index contributed by atoms with van der Waals surface area (Å²) in [6, 6.07) is 21.6. The van der Waals surface area contributed by atoms with Crippen LogP contribution < -0.4 is 0 Å². The Bertz CT molecular complexity index is 844. The summed E-state index contributed by atoms with van der Waals surface area (Å²) in [6.45, 7) is 0.654. The minimum Gasteiger partial charge on any atom is -0.380 e. The lowest BCUT2D eigenvalue weighted by molar-refractivity contribution is 0.185. The van der Waals surface area contributed by atoms with E-state index < -0.39 is 0 Å². The van der Waals surface area contributed by atoms with Crippen LogP contribution >= 0.6 is 0 Å². The highest BCUT2D eigenvalue weighted by molar-refractivity contribution is 6.12. The topological polar surface area (TPSA) is 9.23 Å². The van der Waals surface area contributed by atoms with Crippen LogP contribution in [0.3, 0.4) is 0 Å². The number of rotatable bonds is 3. The van der Waals surface area contributed by atoms with Gasteiger partial charge in [-0.05, 0) is 56.8 Å². The molecule has 0 saturated heterocycles. The first-order valence-corrected chi connectivity index (χ1v) is 7.19. The normalized spacial score (nSPS) is 12.7. The Labute approximate surface area is 124 Å². The average Bonchev–Trinajstić information content (AvgIpc) is 2.89. The van der Waals surface area contributed by atoms with Crippen molar-refractivity contribution in [2.45, 2.75) is 6.61 Å². The van der Waals surface area contributed by atoms with Gasteiger partial charge in [0, 0.05) is 7.11 Å². The molecule has 0 fully saturated rings. The van der Waals surface area contributed by atoms with Crippen LogP contribution in [0.15, 0.2) is 60.7 Å². The van der Waals surface area contributed by atoms with Gasteiger partial charge in [0.05, 0.1) is 6.61 Å². The predicted octanol–water partition coefficient (Wildman–Crippen LogP) is 4.89. The lowest BCUT2D eigenvalue weighted by Crippen LogP contribution is -1.89. The first-order valence-electron chi connectivity index (χ1n) is 7.19. The maximum atomic E-state index is 5.28. The van der Waals surface area contributed by atoms with Crippen molar-refractivity contribution >= 4 is 22.4 Å². The monoisotopic (exact) mass is 272 g/mol. The van der Waals surface area contributed by atoms with E-state index in [2.05, 4.69) is 66.7 Å². The summed E-state index contributed by atoms with van der Waals surface area (Å²) in [6.07, 6.45) is 2.30. The van der Waals surface area contributed by atoms with Crippen molar-refractivity contribution in [3.05, 3.63) is 82.9 Å². The molecule has 1 nitrogen and oxygen atoms in total. The molecule has 0 bridgehead atoms. The van der Waals surface area contributed by atoms with Gasteiger partial charge in [-0.1, -0.05) is 48.5 Å². The number of ether oxygens (including phenoxy) is 1. The van der Waals surface area contributed by atoms with Crippen LogP contribution in [0, 0.1) is 0 Å². The Hall–Kier alpha value is -2.38. The van der Waals surface area contributed by atoms with Gasteiger partial charge < -0.3 is 4.74 Å². The molecule has 1 aliphatic rings. The average molecular weight is 272 g/mol. The van der Waals surface area contributed by atoms with Crippen LogP contribution in [0.25, 0.3) is 22.4 Å². The predicted molar refractivity (Wildman–Crippen MR) is 88.1 cm³/mol. The van der Waals surface area contributed by atoms with E-state index >= 15 is 0 Å². The molecule has 0 aromatic heterocycles. The minimum atomic E-state index is 0.654. The van der Waals surface area contributed by atoms with Crippen LogP contribution in [0.5, 0.6) is 0 Å². The summed E-state index contributed by atoms with van der Waals surface area (Å²) in [5, 5.41) is 2.65. The fourth-order valence-corrected chi connectivity index (χ4v) is 3.20. The van der Waals surface area contributed by atoms with Gasteiger partial charge in [-0.2, -0.15) is 0 Å². The third-order valence-electron chi connectivity index (χ3n) is 4.05. The van der Waals surface area contributed by atoms with E-state index in [-0.39, 0.29) is 0 Å². The SMILES string of the molecule is COCc1cc2c3c(cccc3c1)C(c1ccccc1)=C2. The lowest BCUT2D eigenvalue weighted by Gasteiger charge is -2.08. The highest BCUT2D eigenvalue weighted by atomic mass is 16.5. The van der Waals surface area contributed by atoms with Gasteiger partial charge in [0.1, 0.15) is 0 Å². The van der Waals surface area contributed by atoms with Crippen molar-refractivity contribution in [2.75, 3.05) is 7.11 Å². The first kappa shape index (κ1) is 12.4. The summed E-state index contributed by atoms with van der Waals surface area (Å²) in [5.74, 6) is 0. The Morgan fingerprint density at radius 3 is 2.57 bits per heavy atom. The van der Waals surface area contributed by atoms with E-state index in [1.165, 1.54) is 38.6 Å². The van der Waals surface area contributed by atoms with Gasteiger partial charge in [-0.3, -0.25) is 0 Å². The largest absolute Gasteiger partial charge is 0.380 e. The molecule has 0 heterocycles. The highest BCUT2D eigenvalue weighted by Crippen LogP contribution is 2.40. The van der Waals surface area contributed by atoms with E-state index in [9.17, 15) is 0 Å². The van der Waals surface area contributed by atoms with E-state index in [1.54, 1.807) is 7.11 Å². The molecule has 3 aromatic rings. The molecule has 4 rings (SSSR count). The van der Waals surface area contributed by atoms with E-state index in [0.29, 0.717) is 6.61 Å². The number of benzene rings is 3. The summed E-state index contributed by atoms with van der Waals surface area (Å²) >= 11 is 0. The van der Waals surface area contributed by atoms with E-state index in [4.69, 9.17) is 4.74 Å². The summed E-state index contributed by atoms with van der Waals surface area (Å²) in [4.78, 5) is 0. The fourth-order valence-electron chi connectivity index (χ4n) is 3.20. The smallest absolute Gasteiger partial charge is 0.0713 e. The quantitative estimate of drug-likeness (QED) is 0.516. The van der Waals surface area contributed by atoms with Crippen molar-refractivity contribution in [1.29, 1.82) is 0 Å². The second-order valence-corrected chi connectivity index (χ2v) is 5.45. The second-order valence-electron chi connectivity index (χ2n) is 5.45. The molecule has 0 atom stereocenters. The number of methoxy groups -OCH3 is 1. The summed E-state index contributed by atoms with van der Waals surface area (Å²) in [5.41, 5.74) is 6.44. The van der Waals surface area contributed by atoms with Crippen molar-refractivity contribution in [1.82, 2.24) is 0 Å². The van der Waals surface area contributed by atoms with E-state index in [1.807, 2.05) is 0 Å². The Morgan fingerprint density at radius 2 is 1.76 bits per heavy atom. The third-order valence-corrected chi connectivity index (χ3v) is 4.05. The zero-order chi connectivity index (χ0) is 14.2. The van der Waals surface area contributed by atoms with Gasteiger partial charge in [0.25, 0.3) is 0 Å². The van der Waals surface area contributed by atoms with Crippen molar-refractivity contribution < 1.29 is 4.74 Å². The maximum absolute atomic E-state index is 5.28. The summed E-state index contributed by atoms with van der Waals surface area (Å²) < 4.78 is 5.28. The second kappa shape index (κ2) is 4.87. The molecule has 0 amide bonds. The molecule has 0 N–H and O–H groups in total. The van der Waals surface area contributed by atoms with Crippen molar-refractivity contribution in [3.63, 3.8) is 0 Å². The molecule has 0 radical (unpaired) electrons. The van der Waals surface area contributed by atoms with Crippen LogP contribution in [0.4, 0.5) is 0 Å². The van der Waals surface area contributed by atoms with Gasteiger partial charge in [-0.15, -0.1) is 0 Å². The minimum absolute atomic E-state index is 0.654. The van der Waals surface area contributed by atoms with Crippen LogP contribution in [0.2, 0.25) is 0 Å². The lowest BCUT2D eigenvalue weighted by atomic mass is 9.97. The van der Waals surface area contributed by atoms with Gasteiger partial charge in [-0.25, -0.2) is 0 Å². The molecular formula is C20H16O. The highest BCUT2D eigenvalue weighted by Gasteiger charge is 2.18. The fraction of sp³-hybridized carbons (Fsp3) is 0.100. The zero-order valence-electron chi connectivity index (χ0n) is 12.0. The Balaban J connectivity index is 1.95. The third kappa shape index (κ3) is 1.98. The Kier molecular flexibility index (Phi) is 2.87. The first-order chi connectivity index (χ1) is 10.4. The molecule has 1 heteroatoms. The molecule has 21 heavy (non-hydrogen) atoms. The van der Waals surface area contributed by atoms with Crippen molar-refractivity contribution in [3.8, 4) is 0 Å².